The van der Waals surface area contributed by atoms with Gasteiger partial charge in [-0.3, -0.25) is 0 Å². The quantitative estimate of drug-likeness (QED) is 0.786. The number of nitrogens with one attached hydrogen (secondary N) is 1. The molecule has 0 aromatic heterocycles. The first-order valence-electron chi connectivity index (χ1n) is 8.94. The van der Waals surface area contributed by atoms with E-state index >= 15 is 0 Å². The Morgan fingerprint density at radius 2 is 1.92 bits per heavy atom. The third-order valence-electron chi connectivity index (χ3n) is 4.90. The Hall–Kier alpha value is -2.40. The lowest BCUT2D eigenvalue weighted by molar-refractivity contribution is 0.174. The van der Waals surface area contributed by atoms with Gasteiger partial charge in [0.15, 0.2) is 11.5 Å². The summed E-state index contributed by atoms with van der Waals surface area (Å²) in [6.07, 6.45) is 4.12. The number of rotatable bonds is 2. The van der Waals surface area contributed by atoms with E-state index in [9.17, 15) is 4.79 Å². The molecule has 26 heavy (non-hydrogen) atoms. The van der Waals surface area contributed by atoms with Gasteiger partial charge in [-0.1, -0.05) is 42.6 Å². The molecule has 0 bridgehead atoms. The van der Waals surface area contributed by atoms with Crippen molar-refractivity contribution in [2.75, 3.05) is 18.7 Å². The molecule has 1 fully saturated rings. The van der Waals surface area contributed by atoms with E-state index in [1.807, 2.05) is 41.3 Å². The van der Waals surface area contributed by atoms with Crippen LogP contribution in [0.5, 0.6) is 11.5 Å². The van der Waals surface area contributed by atoms with Crippen LogP contribution in [0.25, 0.3) is 0 Å². The molecule has 2 aliphatic heterocycles. The summed E-state index contributed by atoms with van der Waals surface area (Å²) in [5.41, 5.74) is 1.71. The number of anilines is 1. The Morgan fingerprint density at radius 1 is 1.08 bits per heavy atom. The van der Waals surface area contributed by atoms with Gasteiger partial charge in [0.2, 0.25) is 6.79 Å². The number of benzene rings is 2. The van der Waals surface area contributed by atoms with Gasteiger partial charge in [-0.2, -0.15) is 0 Å². The first-order valence-corrected chi connectivity index (χ1v) is 9.32. The van der Waals surface area contributed by atoms with E-state index in [1.54, 1.807) is 6.07 Å². The highest BCUT2D eigenvalue weighted by atomic mass is 35.5. The lowest BCUT2D eigenvalue weighted by Gasteiger charge is -2.31. The Morgan fingerprint density at radius 3 is 2.81 bits per heavy atom. The standard InChI is InChI=1S/C20H21ClN2O3/c21-16-7-4-3-6-15(16)17-8-2-1-5-11-23(17)20(24)22-14-9-10-18-19(12-14)26-13-25-18/h3-4,6-7,9-10,12,17H,1-2,5,8,11,13H2,(H,22,24)/t17-/m0/s1. The summed E-state index contributed by atoms with van der Waals surface area (Å²) < 4.78 is 10.7. The molecule has 2 amide bonds. The summed E-state index contributed by atoms with van der Waals surface area (Å²) in [6.45, 7) is 0.930. The summed E-state index contributed by atoms with van der Waals surface area (Å²) in [4.78, 5) is 14.9. The van der Waals surface area contributed by atoms with Crippen LogP contribution >= 0.6 is 11.6 Å². The second-order valence-electron chi connectivity index (χ2n) is 6.58. The maximum Gasteiger partial charge on any atom is 0.322 e. The predicted octanol–water partition coefficient (Wildman–Crippen LogP) is 5.22. The number of halogens is 1. The molecular weight excluding hydrogens is 352 g/mol. The van der Waals surface area contributed by atoms with Crippen molar-refractivity contribution in [3.63, 3.8) is 0 Å². The van der Waals surface area contributed by atoms with Gasteiger partial charge in [0.05, 0.1) is 6.04 Å². The van der Waals surface area contributed by atoms with E-state index in [4.69, 9.17) is 21.1 Å². The van der Waals surface area contributed by atoms with Crippen LogP contribution in [-0.4, -0.2) is 24.3 Å². The number of fused-ring (bicyclic) bond motifs is 1. The van der Waals surface area contributed by atoms with Crippen molar-refractivity contribution >= 4 is 23.3 Å². The Kier molecular flexibility index (Phi) is 4.89. The number of amides is 2. The van der Waals surface area contributed by atoms with E-state index in [2.05, 4.69) is 5.32 Å². The molecule has 2 aromatic rings. The van der Waals surface area contributed by atoms with Crippen molar-refractivity contribution in [3.8, 4) is 11.5 Å². The van der Waals surface area contributed by atoms with Gasteiger partial charge in [0, 0.05) is 23.3 Å². The minimum absolute atomic E-state index is 0.0137. The summed E-state index contributed by atoms with van der Waals surface area (Å²) in [5, 5.41) is 3.71. The molecular formula is C20H21ClN2O3. The maximum atomic E-state index is 13.0. The number of hydrogen-bond donors (Lipinski definition) is 1. The molecule has 0 aliphatic carbocycles. The monoisotopic (exact) mass is 372 g/mol. The maximum absolute atomic E-state index is 13.0. The van der Waals surface area contributed by atoms with Crippen molar-refractivity contribution in [2.24, 2.45) is 0 Å². The van der Waals surface area contributed by atoms with Gasteiger partial charge in [-0.15, -0.1) is 0 Å². The van der Waals surface area contributed by atoms with E-state index in [0.717, 1.165) is 31.2 Å². The molecule has 1 atom stereocenters. The first-order chi connectivity index (χ1) is 12.7. The second kappa shape index (κ2) is 7.46. The summed E-state index contributed by atoms with van der Waals surface area (Å²) >= 11 is 6.42. The minimum atomic E-state index is -0.115. The fourth-order valence-corrected chi connectivity index (χ4v) is 3.85. The Balaban J connectivity index is 1.56. The number of carbonyl (C=O) groups is 1. The molecule has 2 aromatic carbocycles. The van der Waals surface area contributed by atoms with Crippen LogP contribution in [0.15, 0.2) is 42.5 Å². The van der Waals surface area contributed by atoms with Crippen LogP contribution in [0.1, 0.15) is 37.3 Å². The molecule has 0 spiro atoms. The first kappa shape index (κ1) is 17.0. The number of likely N-dealkylation sites (tertiary alicyclic amines) is 1. The number of carbonyl (C=O) groups excluding carboxylic acids is 1. The topological polar surface area (TPSA) is 50.8 Å². The predicted molar refractivity (Wildman–Crippen MR) is 101 cm³/mol. The molecule has 0 radical (unpaired) electrons. The highest BCUT2D eigenvalue weighted by molar-refractivity contribution is 6.31. The Bertz CT molecular complexity index is 811. The molecule has 1 saturated heterocycles. The smallest absolute Gasteiger partial charge is 0.322 e. The van der Waals surface area contributed by atoms with Gasteiger partial charge in [-0.25, -0.2) is 4.79 Å². The minimum Gasteiger partial charge on any atom is -0.454 e. The normalized spacial score (nSPS) is 19.1. The summed E-state index contributed by atoms with van der Waals surface area (Å²) in [7, 11) is 0. The van der Waals surface area contributed by atoms with Crippen LogP contribution < -0.4 is 14.8 Å². The van der Waals surface area contributed by atoms with Crippen molar-refractivity contribution in [1.29, 1.82) is 0 Å². The molecule has 5 nitrogen and oxygen atoms in total. The fourth-order valence-electron chi connectivity index (χ4n) is 3.59. The van der Waals surface area contributed by atoms with Gasteiger partial charge < -0.3 is 19.7 Å². The third kappa shape index (κ3) is 3.44. The second-order valence-corrected chi connectivity index (χ2v) is 6.99. The fraction of sp³-hybridized carbons (Fsp3) is 0.350. The van der Waals surface area contributed by atoms with Gasteiger partial charge in [-0.05, 0) is 36.6 Å². The molecule has 136 valence electrons. The number of ether oxygens (including phenoxy) is 2. The van der Waals surface area contributed by atoms with E-state index in [1.165, 1.54) is 0 Å². The van der Waals surface area contributed by atoms with Crippen molar-refractivity contribution in [1.82, 2.24) is 4.90 Å². The molecule has 0 unspecified atom stereocenters. The molecule has 6 heteroatoms. The number of hydrogen-bond acceptors (Lipinski definition) is 3. The SMILES string of the molecule is O=C(Nc1ccc2c(c1)OCO2)N1CCCCC[C@H]1c1ccccc1Cl. The lowest BCUT2D eigenvalue weighted by Crippen LogP contribution is -2.38. The number of urea groups is 1. The molecule has 1 N–H and O–H groups in total. The number of nitrogens with zero attached hydrogens (tertiary/aromatic N) is 1. The molecule has 0 saturated carbocycles. The zero-order valence-corrected chi connectivity index (χ0v) is 15.2. The lowest BCUT2D eigenvalue weighted by atomic mass is 10.0. The van der Waals surface area contributed by atoms with E-state index in [-0.39, 0.29) is 18.9 Å². The van der Waals surface area contributed by atoms with Crippen molar-refractivity contribution < 1.29 is 14.3 Å². The van der Waals surface area contributed by atoms with Crippen LogP contribution in [0.3, 0.4) is 0 Å². The highest BCUT2D eigenvalue weighted by Crippen LogP contribution is 2.36. The molecule has 2 heterocycles. The van der Waals surface area contributed by atoms with Gasteiger partial charge in [0.25, 0.3) is 0 Å². The van der Waals surface area contributed by atoms with Crippen LogP contribution in [0.4, 0.5) is 10.5 Å². The average Bonchev–Trinajstić information content (AvgIpc) is 2.97. The highest BCUT2D eigenvalue weighted by Gasteiger charge is 2.28. The third-order valence-corrected chi connectivity index (χ3v) is 5.25. The zero-order valence-electron chi connectivity index (χ0n) is 14.4. The van der Waals surface area contributed by atoms with Crippen molar-refractivity contribution in [3.05, 3.63) is 53.1 Å². The van der Waals surface area contributed by atoms with E-state index < -0.39 is 0 Å². The summed E-state index contributed by atoms with van der Waals surface area (Å²) in [5.74, 6) is 1.35. The van der Waals surface area contributed by atoms with Crippen LogP contribution in [0.2, 0.25) is 5.02 Å². The largest absolute Gasteiger partial charge is 0.454 e. The van der Waals surface area contributed by atoms with Gasteiger partial charge >= 0.3 is 6.03 Å². The summed E-state index contributed by atoms with van der Waals surface area (Å²) in [6, 6.07) is 13.1. The Labute approximate surface area is 157 Å². The van der Waals surface area contributed by atoms with Gasteiger partial charge in [0.1, 0.15) is 0 Å². The van der Waals surface area contributed by atoms with Crippen molar-refractivity contribution in [2.45, 2.75) is 31.7 Å². The van der Waals surface area contributed by atoms with Crippen LogP contribution in [0, 0.1) is 0 Å². The van der Waals surface area contributed by atoms with E-state index in [0.29, 0.717) is 28.8 Å². The average molecular weight is 373 g/mol. The molecule has 2 aliphatic rings. The molecule has 4 rings (SSSR count). The van der Waals surface area contributed by atoms with Crippen LogP contribution in [-0.2, 0) is 0 Å². The zero-order chi connectivity index (χ0) is 17.9.